The van der Waals surface area contributed by atoms with Crippen LogP contribution in [0.3, 0.4) is 0 Å². The highest BCUT2D eigenvalue weighted by atomic mass is 16.2. The Kier molecular flexibility index (Phi) is 5.26. The largest absolute Gasteiger partial charge is 0.343 e. The molecule has 1 saturated heterocycles. The molecule has 0 aromatic heterocycles. The molecule has 3 heteroatoms. The molecule has 0 aliphatic carbocycles. The summed E-state index contributed by atoms with van der Waals surface area (Å²) < 4.78 is 0. The lowest BCUT2D eigenvalue weighted by molar-refractivity contribution is -0.133. The van der Waals surface area contributed by atoms with Gasteiger partial charge in [0.15, 0.2) is 0 Å². The van der Waals surface area contributed by atoms with Gasteiger partial charge in [0.05, 0.1) is 0 Å². The number of piperidine rings is 1. The molecule has 0 saturated carbocycles. The fourth-order valence-corrected chi connectivity index (χ4v) is 2.29. The number of carbonyl (C=O) groups is 1. The monoisotopic (exact) mass is 226 g/mol. The van der Waals surface area contributed by atoms with Gasteiger partial charge in [0.2, 0.25) is 5.91 Å². The summed E-state index contributed by atoms with van der Waals surface area (Å²) in [5.74, 6) is 1.91. The first kappa shape index (κ1) is 13.5. The SMILES string of the molecule is CC(C)C1CCN(C(=O)CCN(C)C)CC1. The van der Waals surface area contributed by atoms with E-state index in [1.165, 1.54) is 12.8 Å². The van der Waals surface area contributed by atoms with Crippen molar-refractivity contribution in [2.75, 3.05) is 33.7 Å². The second-order valence-electron chi connectivity index (χ2n) is 5.52. The van der Waals surface area contributed by atoms with Crippen molar-refractivity contribution in [3.8, 4) is 0 Å². The molecule has 0 aromatic rings. The maximum atomic E-state index is 11.9. The summed E-state index contributed by atoms with van der Waals surface area (Å²) in [4.78, 5) is 16.0. The number of likely N-dealkylation sites (tertiary alicyclic amines) is 1. The van der Waals surface area contributed by atoms with Crippen LogP contribution in [0, 0.1) is 11.8 Å². The molecule has 0 unspecified atom stereocenters. The second kappa shape index (κ2) is 6.24. The summed E-state index contributed by atoms with van der Waals surface area (Å²) in [7, 11) is 4.02. The van der Waals surface area contributed by atoms with E-state index in [2.05, 4.69) is 18.7 Å². The Balaban J connectivity index is 2.27. The van der Waals surface area contributed by atoms with E-state index < -0.39 is 0 Å². The highest BCUT2D eigenvalue weighted by Gasteiger charge is 2.24. The molecule has 0 atom stereocenters. The first-order chi connectivity index (χ1) is 7.50. The van der Waals surface area contributed by atoms with Gasteiger partial charge in [-0.25, -0.2) is 0 Å². The zero-order valence-electron chi connectivity index (χ0n) is 11.2. The maximum Gasteiger partial charge on any atom is 0.223 e. The Labute approximate surface area is 99.8 Å². The predicted molar refractivity (Wildman–Crippen MR) is 67.3 cm³/mol. The lowest BCUT2D eigenvalue weighted by Crippen LogP contribution is -2.40. The molecule has 0 aromatic carbocycles. The van der Waals surface area contributed by atoms with Crippen LogP contribution in [0.15, 0.2) is 0 Å². The molecular formula is C13H26N2O. The van der Waals surface area contributed by atoms with Gasteiger partial charge in [-0.3, -0.25) is 4.79 Å². The van der Waals surface area contributed by atoms with E-state index in [9.17, 15) is 4.79 Å². The fourth-order valence-electron chi connectivity index (χ4n) is 2.29. The Morgan fingerprint density at radius 3 is 2.31 bits per heavy atom. The Morgan fingerprint density at radius 1 is 1.31 bits per heavy atom. The van der Waals surface area contributed by atoms with Crippen molar-refractivity contribution >= 4 is 5.91 Å². The molecule has 3 nitrogen and oxygen atoms in total. The van der Waals surface area contributed by atoms with Crippen LogP contribution in [0.1, 0.15) is 33.1 Å². The van der Waals surface area contributed by atoms with E-state index in [4.69, 9.17) is 0 Å². The van der Waals surface area contributed by atoms with Crippen molar-refractivity contribution in [3.63, 3.8) is 0 Å². The minimum atomic E-state index is 0.330. The minimum absolute atomic E-state index is 0.330. The maximum absolute atomic E-state index is 11.9. The number of hydrogen-bond acceptors (Lipinski definition) is 2. The molecule has 1 fully saturated rings. The van der Waals surface area contributed by atoms with Crippen molar-refractivity contribution in [2.24, 2.45) is 11.8 Å². The summed E-state index contributed by atoms with van der Waals surface area (Å²) >= 11 is 0. The van der Waals surface area contributed by atoms with Crippen molar-refractivity contribution < 1.29 is 4.79 Å². The van der Waals surface area contributed by atoms with Gasteiger partial charge in [-0.15, -0.1) is 0 Å². The molecule has 94 valence electrons. The highest BCUT2D eigenvalue weighted by molar-refractivity contribution is 5.76. The van der Waals surface area contributed by atoms with E-state index in [1.54, 1.807) is 0 Å². The highest BCUT2D eigenvalue weighted by Crippen LogP contribution is 2.24. The van der Waals surface area contributed by atoms with E-state index >= 15 is 0 Å². The van der Waals surface area contributed by atoms with Crippen LogP contribution in [0.4, 0.5) is 0 Å². The lowest BCUT2D eigenvalue weighted by Gasteiger charge is -2.34. The standard InChI is InChI=1S/C13H26N2O/c1-11(2)12-5-9-15(10-6-12)13(16)7-8-14(3)4/h11-12H,5-10H2,1-4H3. The van der Waals surface area contributed by atoms with Gasteiger partial charge in [0.1, 0.15) is 0 Å². The number of hydrogen-bond donors (Lipinski definition) is 0. The van der Waals surface area contributed by atoms with Crippen LogP contribution >= 0.6 is 0 Å². The van der Waals surface area contributed by atoms with Crippen LogP contribution in [0.2, 0.25) is 0 Å². The smallest absolute Gasteiger partial charge is 0.223 e. The van der Waals surface area contributed by atoms with Gasteiger partial charge >= 0.3 is 0 Å². The van der Waals surface area contributed by atoms with Crippen LogP contribution in [0.25, 0.3) is 0 Å². The van der Waals surface area contributed by atoms with Crippen LogP contribution in [0.5, 0.6) is 0 Å². The van der Waals surface area contributed by atoms with Crippen molar-refractivity contribution in [1.29, 1.82) is 0 Å². The molecular weight excluding hydrogens is 200 g/mol. The van der Waals surface area contributed by atoms with Gasteiger partial charge in [-0.1, -0.05) is 13.8 Å². The van der Waals surface area contributed by atoms with Crippen LogP contribution < -0.4 is 0 Å². The molecule has 0 bridgehead atoms. The molecule has 1 amide bonds. The average molecular weight is 226 g/mol. The fraction of sp³-hybridized carbons (Fsp3) is 0.923. The van der Waals surface area contributed by atoms with Gasteiger partial charge in [-0.2, -0.15) is 0 Å². The summed E-state index contributed by atoms with van der Waals surface area (Å²) in [6.45, 7) is 7.37. The zero-order chi connectivity index (χ0) is 12.1. The molecule has 16 heavy (non-hydrogen) atoms. The Morgan fingerprint density at radius 2 is 1.88 bits per heavy atom. The lowest BCUT2D eigenvalue weighted by atomic mass is 9.86. The molecule has 0 N–H and O–H groups in total. The topological polar surface area (TPSA) is 23.6 Å². The van der Waals surface area contributed by atoms with Crippen molar-refractivity contribution in [2.45, 2.75) is 33.1 Å². The zero-order valence-corrected chi connectivity index (χ0v) is 11.2. The summed E-state index contributed by atoms with van der Waals surface area (Å²) in [5, 5.41) is 0. The third-order valence-electron chi connectivity index (χ3n) is 3.61. The van der Waals surface area contributed by atoms with E-state index in [0.717, 1.165) is 31.5 Å². The second-order valence-corrected chi connectivity index (χ2v) is 5.52. The Hall–Kier alpha value is -0.570. The summed E-state index contributed by atoms with van der Waals surface area (Å²) in [5.41, 5.74) is 0. The summed E-state index contributed by atoms with van der Waals surface area (Å²) in [6.07, 6.45) is 3.04. The van der Waals surface area contributed by atoms with E-state index in [1.807, 2.05) is 19.0 Å². The Bertz CT molecular complexity index is 218. The molecule has 1 heterocycles. The number of nitrogens with zero attached hydrogens (tertiary/aromatic N) is 2. The molecule has 0 spiro atoms. The van der Waals surface area contributed by atoms with Crippen molar-refractivity contribution in [3.05, 3.63) is 0 Å². The molecule has 1 aliphatic heterocycles. The van der Waals surface area contributed by atoms with Crippen LogP contribution in [-0.2, 0) is 4.79 Å². The number of amides is 1. The number of carbonyl (C=O) groups excluding carboxylic acids is 1. The molecule has 1 aliphatic rings. The summed E-state index contributed by atoms with van der Waals surface area (Å²) in [6, 6.07) is 0. The third-order valence-corrected chi connectivity index (χ3v) is 3.61. The third kappa shape index (κ3) is 4.12. The normalized spacial score (nSPS) is 18.5. The first-order valence-electron chi connectivity index (χ1n) is 6.43. The molecule has 1 rings (SSSR count). The van der Waals surface area contributed by atoms with Gasteiger partial charge in [0, 0.05) is 26.1 Å². The van der Waals surface area contributed by atoms with E-state index in [-0.39, 0.29) is 0 Å². The van der Waals surface area contributed by atoms with Gasteiger partial charge in [-0.05, 0) is 38.8 Å². The quantitative estimate of drug-likeness (QED) is 0.730. The predicted octanol–water partition coefficient (Wildman–Crippen LogP) is 1.83. The van der Waals surface area contributed by atoms with Crippen LogP contribution in [-0.4, -0.2) is 49.4 Å². The minimum Gasteiger partial charge on any atom is -0.343 e. The average Bonchev–Trinajstić information content (AvgIpc) is 2.26. The van der Waals surface area contributed by atoms with Crippen molar-refractivity contribution in [1.82, 2.24) is 9.80 Å². The van der Waals surface area contributed by atoms with E-state index in [0.29, 0.717) is 12.3 Å². The first-order valence-corrected chi connectivity index (χ1v) is 6.43. The number of rotatable bonds is 4. The molecule has 0 radical (unpaired) electrons. The van der Waals surface area contributed by atoms with Gasteiger partial charge < -0.3 is 9.80 Å². The van der Waals surface area contributed by atoms with Gasteiger partial charge in [0.25, 0.3) is 0 Å².